The molecule has 8 heteroatoms. The maximum atomic E-state index is 12.0. The molecule has 1 aromatic rings. The lowest BCUT2D eigenvalue weighted by Crippen LogP contribution is -2.36. The van der Waals surface area contributed by atoms with E-state index in [0.29, 0.717) is 6.54 Å². The van der Waals surface area contributed by atoms with Crippen molar-refractivity contribution in [3.05, 3.63) is 21.5 Å². The van der Waals surface area contributed by atoms with E-state index in [9.17, 15) is 20.2 Å². The van der Waals surface area contributed by atoms with E-state index in [4.69, 9.17) is 4.74 Å². The van der Waals surface area contributed by atoms with Gasteiger partial charge in [0, 0.05) is 6.54 Å². The molecular weight excluding hydrogens is 264 g/mol. The molecule has 0 N–H and O–H groups in total. The average Bonchev–Trinajstić information content (AvgIpc) is 2.75. The number of hydrogen-bond donors (Lipinski definition) is 0. The summed E-state index contributed by atoms with van der Waals surface area (Å²) in [4.78, 5) is 22.6. The van der Waals surface area contributed by atoms with Crippen LogP contribution >= 0.6 is 0 Å². The average molecular weight is 280 g/mol. The summed E-state index contributed by atoms with van der Waals surface area (Å²) in [5, 5.41) is 24.6. The number of aryl methyl sites for hydroxylation is 2. The van der Waals surface area contributed by atoms with Gasteiger partial charge in [0.1, 0.15) is 11.4 Å². The van der Waals surface area contributed by atoms with E-state index >= 15 is 0 Å². The van der Waals surface area contributed by atoms with Crippen LogP contribution in [0.25, 0.3) is 0 Å². The number of rotatable bonds is 5. The Morgan fingerprint density at radius 3 is 2.60 bits per heavy atom. The van der Waals surface area contributed by atoms with E-state index in [1.54, 1.807) is 13.8 Å². The molecular formula is C12H16N4O4. The topological polar surface area (TPSA) is 111 Å². The number of nitrogens with zero attached hydrogens (tertiary/aromatic N) is 4. The van der Waals surface area contributed by atoms with Crippen molar-refractivity contribution in [2.75, 3.05) is 6.61 Å². The summed E-state index contributed by atoms with van der Waals surface area (Å²) in [6.45, 7) is 6.50. The van der Waals surface area contributed by atoms with Gasteiger partial charge in [0.2, 0.25) is 0 Å². The van der Waals surface area contributed by atoms with Crippen LogP contribution in [0.1, 0.15) is 32.2 Å². The predicted octanol–water partition coefficient (Wildman–Crippen LogP) is 1.46. The summed E-state index contributed by atoms with van der Waals surface area (Å²) in [6.07, 6.45) is 0. The van der Waals surface area contributed by atoms with Crippen molar-refractivity contribution in [1.29, 1.82) is 5.26 Å². The fraction of sp³-hybridized carbons (Fsp3) is 0.583. The zero-order valence-electron chi connectivity index (χ0n) is 11.8. The number of esters is 1. The van der Waals surface area contributed by atoms with Crippen LogP contribution in [-0.4, -0.2) is 27.3 Å². The Labute approximate surface area is 116 Å². The maximum absolute atomic E-state index is 12.0. The molecule has 0 aliphatic rings. The molecule has 8 nitrogen and oxygen atoms in total. The quantitative estimate of drug-likeness (QED) is 0.458. The van der Waals surface area contributed by atoms with Gasteiger partial charge >= 0.3 is 11.7 Å². The van der Waals surface area contributed by atoms with Crippen molar-refractivity contribution in [1.82, 2.24) is 9.78 Å². The van der Waals surface area contributed by atoms with Gasteiger partial charge in [-0.15, -0.1) is 0 Å². The van der Waals surface area contributed by atoms with Crippen molar-refractivity contribution in [3.63, 3.8) is 0 Å². The first-order chi connectivity index (χ1) is 9.33. The smallest absolute Gasteiger partial charge is 0.332 e. The van der Waals surface area contributed by atoms with E-state index in [2.05, 4.69) is 5.10 Å². The zero-order chi connectivity index (χ0) is 15.5. The molecule has 20 heavy (non-hydrogen) atoms. The van der Waals surface area contributed by atoms with Crippen LogP contribution in [0, 0.1) is 28.4 Å². The number of nitro groups is 1. The number of nitriles is 1. The second kappa shape index (κ2) is 5.69. The van der Waals surface area contributed by atoms with Crippen molar-refractivity contribution < 1.29 is 14.5 Å². The Balaban J connectivity index is 3.61. The molecule has 0 saturated carbocycles. The standard InChI is InChI=1S/C12H16N4O4/c1-5-15-10(9(16(18)19)8(3)14-15)12(4,7-13)11(17)20-6-2/h5-6H2,1-4H3. The van der Waals surface area contributed by atoms with E-state index in [-0.39, 0.29) is 23.7 Å². The van der Waals surface area contributed by atoms with Gasteiger partial charge in [-0.1, -0.05) is 0 Å². The van der Waals surface area contributed by atoms with E-state index in [0.717, 1.165) is 0 Å². The molecule has 1 aromatic heterocycles. The third-order valence-electron chi connectivity index (χ3n) is 2.96. The second-order valence-electron chi connectivity index (χ2n) is 4.31. The van der Waals surface area contributed by atoms with E-state index < -0.39 is 16.3 Å². The summed E-state index contributed by atoms with van der Waals surface area (Å²) in [6, 6.07) is 1.82. The van der Waals surface area contributed by atoms with Gasteiger partial charge in [-0.05, 0) is 27.7 Å². The summed E-state index contributed by atoms with van der Waals surface area (Å²) in [7, 11) is 0. The third kappa shape index (κ3) is 2.34. The second-order valence-corrected chi connectivity index (χ2v) is 4.31. The van der Waals surface area contributed by atoms with E-state index in [1.807, 2.05) is 6.07 Å². The fourth-order valence-corrected chi connectivity index (χ4v) is 1.99. The Hall–Kier alpha value is -2.43. The van der Waals surface area contributed by atoms with Crippen LogP contribution in [0.2, 0.25) is 0 Å². The minimum atomic E-state index is -1.77. The zero-order valence-corrected chi connectivity index (χ0v) is 11.8. The van der Waals surface area contributed by atoms with Gasteiger partial charge in [-0.3, -0.25) is 14.8 Å². The summed E-state index contributed by atoms with van der Waals surface area (Å²) in [5.74, 6) is -0.819. The molecule has 0 saturated heterocycles. The molecule has 0 aromatic carbocycles. The van der Waals surface area contributed by atoms with Crippen molar-refractivity contribution in [3.8, 4) is 6.07 Å². The monoisotopic (exact) mass is 280 g/mol. The first kappa shape index (κ1) is 15.6. The normalized spacial score (nSPS) is 13.3. The summed E-state index contributed by atoms with van der Waals surface area (Å²) >= 11 is 0. The van der Waals surface area contributed by atoms with Crippen LogP contribution in [0.4, 0.5) is 5.69 Å². The highest BCUT2D eigenvalue weighted by Gasteiger charge is 2.47. The Kier molecular flexibility index (Phi) is 4.45. The Bertz CT molecular complexity index is 587. The Morgan fingerprint density at radius 2 is 2.20 bits per heavy atom. The van der Waals surface area contributed by atoms with Crippen molar-refractivity contribution >= 4 is 11.7 Å². The van der Waals surface area contributed by atoms with Gasteiger partial charge in [0.25, 0.3) is 0 Å². The van der Waals surface area contributed by atoms with E-state index in [1.165, 1.54) is 18.5 Å². The van der Waals surface area contributed by atoms with Crippen LogP contribution < -0.4 is 0 Å². The number of ether oxygens (including phenoxy) is 1. The number of hydrogen-bond acceptors (Lipinski definition) is 6. The lowest BCUT2D eigenvalue weighted by atomic mass is 9.87. The number of carbonyl (C=O) groups is 1. The number of aromatic nitrogens is 2. The van der Waals surface area contributed by atoms with Crippen LogP contribution in [0.5, 0.6) is 0 Å². The highest BCUT2D eigenvalue weighted by Crippen LogP contribution is 2.35. The minimum absolute atomic E-state index is 0.0385. The molecule has 108 valence electrons. The molecule has 0 bridgehead atoms. The first-order valence-electron chi connectivity index (χ1n) is 6.14. The molecule has 1 heterocycles. The third-order valence-corrected chi connectivity index (χ3v) is 2.96. The van der Waals surface area contributed by atoms with Gasteiger partial charge in [0.05, 0.1) is 17.6 Å². The van der Waals surface area contributed by atoms with Crippen LogP contribution in [0.3, 0.4) is 0 Å². The summed E-state index contributed by atoms with van der Waals surface area (Å²) < 4.78 is 6.17. The van der Waals surface area contributed by atoms with Crippen molar-refractivity contribution in [2.45, 2.75) is 39.7 Å². The molecule has 0 aliphatic heterocycles. The largest absolute Gasteiger partial charge is 0.465 e. The molecule has 0 radical (unpaired) electrons. The van der Waals surface area contributed by atoms with Crippen molar-refractivity contribution in [2.24, 2.45) is 0 Å². The number of carbonyl (C=O) groups excluding carboxylic acids is 1. The lowest BCUT2D eigenvalue weighted by Gasteiger charge is -2.19. The van der Waals surface area contributed by atoms with Gasteiger partial charge < -0.3 is 4.74 Å². The first-order valence-corrected chi connectivity index (χ1v) is 6.14. The predicted molar refractivity (Wildman–Crippen MR) is 68.9 cm³/mol. The molecule has 0 spiro atoms. The van der Waals surface area contributed by atoms with Gasteiger partial charge in [-0.2, -0.15) is 10.4 Å². The molecule has 0 aliphatic carbocycles. The molecule has 1 unspecified atom stereocenters. The minimum Gasteiger partial charge on any atom is -0.465 e. The fourth-order valence-electron chi connectivity index (χ4n) is 1.99. The molecule has 1 atom stereocenters. The maximum Gasteiger partial charge on any atom is 0.332 e. The molecule has 1 rings (SSSR count). The lowest BCUT2D eigenvalue weighted by molar-refractivity contribution is -0.386. The Morgan fingerprint density at radius 1 is 1.60 bits per heavy atom. The highest BCUT2D eigenvalue weighted by molar-refractivity contribution is 5.87. The van der Waals surface area contributed by atoms with Crippen LogP contribution in [0.15, 0.2) is 0 Å². The SMILES string of the molecule is CCOC(=O)C(C)(C#N)c1c([N+](=O)[O-])c(C)nn1CC. The van der Waals surface area contributed by atoms with Crippen LogP contribution in [-0.2, 0) is 21.5 Å². The highest BCUT2D eigenvalue weighted by atomic mass is 16.6. The molecule has 0 amide bonds. The molecule has 0 fully saturated rings. The summed E-state index contributed by atoms with van der Waals surface area (Å²) in [5.41, 5.74) is -1.96. The van der Waals surface area contributed by atoms with Gasteiger partial charge in [-0.25, -0.2) is 4.79 Å². The van der Waals surface area contributed by atoms with Gasteiger partial charge in [0.15, 0.2) is 5.41 Å².